The summed E-state index contributed by atoms with van der Waals surface area (Å²) in [4.78, 5) is 16.9. The summed E-state index contributed by atoms with van der Waals surface area (Å²) < 4.78 is 18.2. The average molecular weight is 275 g/mol. The molecule has 0 aliphatic carbocycles. The molecular weight excluding hydrogens is 261 g/mol. The highest BCUT2D eigenvalue weighted by Crippen LogP contribution is 2.26. The summed E-state index contributed by atoms with van der Waals surface area (Å²) in [5.74, 6) is 0.765. The van der Waals surface area contributed by atoms with E-state index in [-0.39, 0.29) is 11.7 Å². The highest BCUT2D eigenvalue weighted by atomic mass is 19.1. The van der Waals surface area contributed by atoms with Gasteiger partial charge in [-0.05, 0) is 37.1 Å². The highest BCUT2D eigenvalue weighted by Gasteiger charge is 2.25. The molecule has 2 aromatic rings. The summed E-state index contributed by atoms with van der Waals surface area (Å²) in [7, 11) is 0. The Morgan fingerprint density at radius 1 is 1.35 bits per heavy atom. The van der Waals surface area contributed by atoms with E-state index in [2.05, 4.69) is 10.1 Å². The fourth-order valence-corrected chi connectivity index (χ4v) is 2.42. The van der Waals surface area contributed by atoms with Gasteiger partial charge in [-0.2, -0.15) is 4.98 Å². The van der Waals surface area contributed by atoms with Crippen molar-refractivity contribution < 1.29 is 13.7 Å². The van der Waals surface area contributed by atoms with E-state index in [1.807, 2.05) is 0 Å². The summed E-state index contributed by atoms with van der Waals surface area (Å²) in [5, 5.41) is 3.93. The van der Waals surface area contributed by atoms with Crippen molar-refractivity contribution in [3.05, 3.63) is 36.0 Å². The normalized spacial score (nSPS) is 19.1. The van der Waals surface area contributed by atoms with Gasteiger partial charge >= 0.3 is 0 Å². The number of carbonyl (C=O) groups excluding carboxylic acids is 1. The number of carbonyl (C=O) groups is 1. The lowest BCUT2D eigenvalue weighted by molar-refractivity contribution is -0.119. The van der Waals surface area contributed by atoms with E-state index >= 15 is 0 Å². The lowest BCUT2D eigenvalue weighted by atomic mass is 9.98. The van der Waals surface area contributed by atoms with Crippen LogP contribution in [0.1, 0.15) is 24.7 Å². The van der Waals surface area contributed by atoms with Crippen LogP contribution < -0.4 is 0 Å². The molecule has 0 radical (unpaired) electrons. The summed E-state index contributed by atoms with van der Waals surface area (Å²) >= 11 is 0. The predicted molar refractivity (Wildman–Crippen MR) is 69.3 cm³/mol. The first kappa shape index (κ1) is 12.8. The van der Waals surface area contributed by atoms with Gasteiger partial charge in [0.25, 0.3) is 0 Å². The molecule has 5 nitrogen and oxygen atoms in total. The molecule has 1 saturated heterocycles. The number of halogens is 1. The van der Waals surface area contributed by atoms with Gasteiger partial charge in [0.1, 0.15) is 5.82 Å². The van der Waals surface area contributed by atoms with Crippen molar-refractivity contribution in [2.45, 2.75) is 18.8 Å². The van der Waals surface area contributed by atoms with Crippen molar-refractivity contribution in [2.24, 2.45) is 0 Å². The number of rotatable bonds is 3. The first-order chi connectivity index (χ1) is 9.76. The van der Waals surface area contributed by atoms with E-state index in [9.17, 15) is 9.18 Å². The minimum Gasteiger partial charge on any atom is -0.344 e. The molecular formula is C14H14FN3O2. The number of nitrogens with zero attached hydrogens (tertiary/aromatic N) is 3. The molecule has 1 aliphatic rings. The minimum absolute atomic E-state index is 0.0793. The SMILES string of the molecule is O=CN1CCCC(c2nc(-c3ccc(F)cc3)no2)C1. The van der Waals surface area contributed by atoms with Crippen molar-refractivity contribution in [2.75, 3.05) is 13.1 Å². The molecule has 1 atom stereocenters. The van der Waals surface area contributed by atoms with Crippen LogP contribution in [0.2, 0.25) is 0 Å². The molecule has 1 aromatic heterocycles. The molecule has 104 valence electrons. The topological polar surface area (TPSA) is 59.2 Å². The number of benzene rings is 1. The van der Waals surface area contributed by atoms with Crippen LogP contribution in [0, 0.1) is 5.82 Å². The van der Waals surface area contributed by atoms with Gasteiger partial charge in [-0.25, -0.2) is 4.39 Å². The molecule has 3 rings (SSSR count). The summed E-state index contributed by atoms with van der Waals surface area (Å²) in [6.45, 7) is 1.38. The molecule has 0 bridgehead atoms. The molecule has 1 fully saturated rings. The molecule has 1 amide bonds. The van der Waals surface area contributed by atoms with Crippen LogP contribution in [0.5, 0.6) is 0 Å². The van der Waals surface area contributed by atoms with Crippen molar-refractivity contribution >= 4 is 6.41 Å². The third-order valence-corrected chi connectivity index (χ3v) is 3.50. The Balaban J connectivity index is 1.79. The Bertz CT molecular complexity index is 597. The molecule has 0 spiro atoms. The van der Waals surface area contributed by atoms with Gasteiger partial charge in [0, 0.05) is 18.7 Å². The van der Waals surface area contributed by atoms with E-state index in [1.165, 1.54) is 12.1 Å². The van der Waals surface area contributed by atoms with Crippen LogP contribution in [-0.4, -0.2) is 34.5 Å². The van der Waals surface area contributed by atoms with Crippen molar-refractivity contribution in [1.82, 2.24) is 15.0 Å². The van der Waals surface area contributed by atoms with Gasteiger partial charge in [-0.3, -0.25) is 4.79 Å². The predicted octanol–water partition coefficient (Wildman–Crippen LogP) is 2.21. The van der Waals surface area contributed by atoms with Gasteiger partial charge in [0.15, 0.2) is 0 Å². The summed E-state index contributed by atoms with van der Waals surface area (Å²) in [6.07, 6.45) is 2.70. The number of aromatic nitrogens is 2. The monoisotopic (exact) mass is 275 g/mol. The smallest absolute Gasteiger partial charge is 0.231 e. The lowest BCUT2D eigenvalue weighted by Gasteiger charge is -2.27. The van der Waals surface area contributed by atoms with Gasteiger partial charge in [-0.15, -0.1) is 0 Å². The van der Waals surface area contributed by atoms with Crippen LogP contribution in [-0.2, 0) is 4.79 Å². The van der Waals surface area contributed by atoms with E-state index in [0.717, 1.165) is 25.8 Å². The zero-order chi connectivity index (χ0) is 13.9. The van der Waals surface area contributed by atoms with Crippen LogP contribution in [0.25, 0.3) is 11.4 Å². The third kappa shape index (κ3) is 2.54. The maximum absolute atomic E-state index is 12.9. The van der Waals surface area contributed by atoms with Gasteiger partial charge in [0.2, 0.25) is 18.1 Å². The van der Waals surface area contributed by atoms with Crippen LogP contribution in [0.4, 0.5) is 4.39 Å². The van der Waals surface area contributed by atoms with Crippen LogP contribution >= 0.6 is 0 Å². The first-order valence-electron chi connectivity index (χ1n) is 6.55. The Kier molecular flexibility index (Phi) is 3.45. The van der Waals surface area contributed by atoms with Crippen LogP contribution in [0.3, 0.4) is 0 Å². The standard InChI is InChI=1S/C14H14FN3O2/c15-12-5-3-10(4-6-12)13-16-14(20-17-13)11-2-1-7-18(8-11)9-19/h3-6,9,11H,1-2,7-8H2. The van der Waals surface area contributed by atoms with Gasteiger partial charge in [0.05, 0.1) is 5.92 Å². The second kappa shape index (κ2) is 5.40. The molecule has 2 heterocycles. The maximum Gasteiger partial charge on any atom is 0.231 e. The Morgan fingerprint density at radius 3 is 2.90 bits per heavy atom. The fourth-order valence-electron chi connectivity index (χ4n) is 2.42. The average Bonchev–Trinajstić information content (AvgIpc) is 2.98. The molecule has 1 aliphatic heterocycles. The third-order valence-electron chi connectivity index (χ3n) is 3.50. The second-order valence-electron chi connectivity index (χ2n) is 4.90. The Hall–Kier alpha value is -2.24. The molecule has 0 saturated carbocycles. The number of likely N-dealkylation sites (tertiary alicyclic amines) is 1. The van der Waals surface area contributed by atoms with Gasteiger partial charge in [-0.1, -0.05) is 5.16 Å². The quantitative estimate of drug-likeness (QED) is 0.806. The lowest BCUT2D eigenvalue weighted by Crippen LogP contribution is -2.33. The largest absolute Gasteiger partial charge is 0.344 e. The Morgan fingerprint density at radius 2 is 2.15 bits per heavy atom. The van der Waals surface area contributed by atoms with E-state index in [4.69, 9.17) is 4.52 Å². The molecule has 20 heavy (non-hydrogen) atoms. The summed E-state index contributed by atoms with van der Waals surface area (Å²) in [5.41, 5.74) is 0.712. The number of hydrogen-bond donors (Lipinski definition) is 0. The molecule has 6 heteroatoms. The number of piperidine rings is 1. The van der Waals surface area contributed by atoms with E-state index < -0.39 is 0 Å². The van der Waals surface area contributed by atoms with Crippen molar-refractivity contribution in [3.63, 3.8) is 0 Å². The fraction of sp³-hybridized carbons (Fsp3) is 0.357. The van der Waals surface area contributed by atoms with E-state index in [0.29, 0.717) is 23.8 Å². The molecule has 1 aromatic carbocycles. The van der Waals surface area contributed by atoms with Gasteiger partial charge < -0.3 is 9.42 Å². The molecule has 0 N–H and O–H groups in total. The molecule has 1 unspecified atom stereocenters. The number of amides is 1. The highest BCUT2D eigenvalue weighted by molar-refractivity contribution is 5.53. The second-order valence-corrected chi connectivity index (χ2v) is 4.90. The van der Waals surface area contributed by atoms with E-state index in [1.54, 1.807) is 17.0 Å². The van der Waals surface area contributed by atoms with Crippen LogP contribution in [0.15, 0.2) is 28.8 Å². The summed E-state index contributed by atoms with van der Waals surface area (Å²) in [6, 6.07) is 5.95. The zero-order valence-electron chi connectivity index (χ0n) is 10.8. The number of hydrogen-bond acceptors (Lipinski definition) is 4. The Labute approximate surface area is 115 Å². The van der Waals surface area contributed by atoms with Crippen molar-refractivity contribution in [1.29, 1.82) is 0 Å². The first-order valence-corrected chi connectivity index (χ1v) is 6.55. The van der Waals surface area contributed by atoms with Crippen molar-refractivity contribution in [3.8, 4) is 11.4 Å². The minimum atomic E-state index is -0.300. The zero-order valence-corrected chi connectivity index (χ0v) is 10.8. The maximum atomic E-state index is 12.9.